The lowest BCUT2D eigenvalue weighted by Gasteiger charge is -1.88. The molecular formula is C9H6BrNO. The van der Waals surface area contributed by atoms with Gasteiger partial charge in [0.05, 0.1) is 6.42 Å². The molecule has 1 rings (SSSR count). The Bertz CT molecular complexity index is 321. The second-order valence-electron chi connectivity index (χ2n) is 2.03. The van der Waals surface area contributed by atoms with E-state index < -0.39 is 0 Å². The van der Waals surface area contributed by atoms with Crippen molar-refractivity contribution in [2.45, 2.75) is 6.42 Å². The van der Waals surface area contributed by atoms with Crippen molar-refractivity contribution in [3.63, 3.8) is 0 Å². The van der Waals surface area contributed by atoms with E-state index in [1.807, 2.05) is 6.07 Å². The summed E-state index contributed by atoms with van der Waals surface area (Å²) in [6.07, 6.45) is 2.70. The fourth-order valence-electron chi connectivity index (χ4n) is 0.633. The largest absolute Gasteiger partial charge is 0.302 e. The Kier molecular flexibility index (Phi) is 3.49. The van der Waals surface area contributed by atoms with Crippen molar-refractivity contribution in [1.29, 1.82) is 0 Å². The highest BCUT2D eigenvalue weighted by molar-refractivity contribution is 9.10. The van der Waals surface area contributed by atoms with Crippen LogP contribution < -0.4 is 0 Å². The average Bonchev–Trinajstić information content (AvgIpc) is 2.09. The maximum atomic E-state index is 9.92. The molecule has 0 aliphatic heterocycles. The van der Waals surface area contributed by atoms with Crippen LogP contribution in [0.3, 0.4) is 0 Å². The van der Waals surface area contributed by atoms with Gasteiger partial charge in [0.2, 0.25) is 0 Å². The highest BCUT2D eigenvalue weighted by atomic mass is 79.9. The Balaban J connectivity index is 2.72. The van der Waals surface area contributed by atoms with Crippen LogP contribution in [0.1, 0.15) is 12.1 Å². The minimum absolute atomic E-state index is 0.262. The van der Waals surface area contributed by atoms with Crippen LogP contribution in [-0.2, 0) is 4.79 Å². The molecule has 3 heteroatoms. The Morgan fingerprint density at radius 2 is 2.42 bits per heavy atom. The van der Waals surface area contributed by atoms with Crippen molar-refractivity contribution in [2.24, 2.45) is 0 Å². The number of nitrogens with zero attached hydrogens (tertiary/aromatic N) is 1. The summed E-state index contributed by atoms with van der Waals surface area (Å²) in [6.45, 7) is 0. The van der Waals surface area contributed by atoms with Crippen LogP contribution in [-0.4, -0.2) is 11.3 Å². The third-order valence-corrected chi connectivity index (χ3v) is 1.60. The van der Waals surface area contributed by atoms with Crippen LogP contribution in [0.25, 0.3) is 0 Å². The Morgan fingerprint density at radius 3 is 3.00 bits per heavy atom. The van der Waals surface area contributed by atoms with Crippen LogP contribution in [0.2, 0.25) is 0 Å². The molecule has 0 aromatic carbocycles. The number of pyridine rings is 1. The Labute approximate surface area is 79.1 Å². The van der Waals surface area contributed by atoms with Crippen molar-refractivity contribution < 1.29 is 4.79 Å². The highest BCUT2D eigenvalue weighted by Crippen LogP contribution is 2.06. The van der Waals surface area contributed by atoms with Crippen LogP contribution in [0.5, 0.6) is 0 Å². The predicted octanol–water partition coefficient (Wildman–Crippen LogP) is 1.78. The number of rotatable bonds is 1. The second kappa shape index (κ2) is 4.68. The summed E-state index contributed by atoms with van der Waals surface area (Å²) in [5.41, 5.74) is 0.681. The van der Waals surface area contributed by atoms with Crippen molar-refractivity contribution in [3.05, 3.63) is 28.5 Å². The fraction of sp³-hybridized carbons (Fsp3) is 0.111. The van der Waals surface area contributed by atoms with Gasteiger partial charge in [-0.15, -0.1) is 0 Å². The summed E-state index contributed by atoms with van der Waals surface area (Å²) in [5, 5.41) is 0. The number of aromatic nitrogens is 1. The van der Waals surface area contributed by atoms with E-state index in [-0.39, 0.29) is 6.42 Å². The fourth-order valence-corrected chi connectivity index (χ4v) is 0.868. The summed E-state index contributed by atoms with van der Waals surface area (Å²) in [4.78, 5) is 13.9. The maximum absolute atomic E-state index is 9.92. The van der Waals surface area contributed by atoms with E-state index in [4.69, 9.17) is 0 Å². The molecule has 1 aromatic heterocycles. The topological polar surface area (TPSA) is 30.0 Å². The zero-order chi connectivity index (χ0) is 8.81. The molecule has 12 heavy (non-hydrogen) atoms. The molecule has 0 aliphatic rings. The van der Waals surface area contributed by atoms with E-state index in [9.17, 15) is 4.79 Å². The van der Waals surface area contributed by atoms with E-state index in [2.05, 4.69) is 32.8 Å². The number of carbonyl (C=O) groups is 1. The molecule has 0 bridgehead atoms. The first kappa shape index (κ1) is 8.95. The molecule has 60 valence electrons. The van der Waals surface area contributed by atoms with Gasteiger partial charge < -0.3 is 4.79 Å². The van der Waals surface area contributed by atoms with E-state index in [1.54, 1.807) is 12.3 Å². The van der Waals surface area contributed by atoms with Crippen LogP contribution >= 0.6 is 15.9 Å². The summed E-state index contributed by atoms with van der Waals surface area (Å²) < 4.78 is 0.920. The van der Waals surface area contributed by atoms with Gasteiger partial charge in [0.1, 0.15) is 12.0 Å². The predicted molar refractivity (Wildman–Crippen MR) is 49.5 cm³/mol. The Morgan fingerprint density at radius 1 is 1.58 bits per heavy atom. The standard InChI is InChI=1S/C9H6BrNO/c10-8-4-5-9(11-7-8)3-1-2-6-12/h4-7H,2H2. The zero-order valence-electron chi connectivity index (χ0n) is 6.25. The third kappa shape index (κ3) is 2.85. The minimum atomic E-state index is 0.262. The molecule has 0 N–H and O–H groups in total. The Hall–Kier alpha value is -1.14. The van der Waals surface area contributed by atoms with Crippen LogP contribution in [0, 0.1) is 11.8 Å². The van der Waals surface area contributed by atoms with E-state index in [1.165, 1.54) is 0 Å². The van der Waals surface area contributed by atoms with Crippen molar-refractivity contribution in [3.8, 4) is 11.8 Å². The van der Waals surface area contributed by atoms with Gasteiger partial charge >= 0.3 is 0 Å². The average molecular weight is 224 g/mol. The number of halogens is 1. The summed E-state index contributed by atoms with van der Waals surface area (Å²) >= 11 is 3.26. The molecule has 0 unspecified atom stereocenters. The third-order valence-electron chi connectivity index (χ3n) is 1.13. The number of carbonyl (C=O) groups excluding carboxylic acids is 1. The molecule has 1 heterocycles. The molecule has 1 aromatic rings. The van der Waals surface area contributed by atoms with Crippen LogP contribution in [0.15, 0.2) is 22.8 Å². The van der Waals surface area contributed by atoms with Gasteiger partial charge in [-0.05, 0) is 34.0 Å². The monoisotopic (exact) mass is 223 g/mol. The summed E-state index contributed by atoms with van der Waals surface area (Å²) in [5.74, 6) is 5.43. The zero-order valence-corrected chi connectivity index (χ0v) is 7.84. The molecule has 0 aliphatic carbocycles. The van der Waals surface area contributed by atoms with Crippen molar-refractivity contribution >= 4 is 22.2 Å². The lowest BCUT2D eigenvalue weighted by molar-refractivity contribution is -0.107. The van der Waals surface area contributed by atoms with Gasteiger partial charge in [0, 0.05) is 10.7 Å². The van der Waals surface area contributed by atoms with Gasteiger partial charge in [-0.25, -0.2) is 4.98 Å². The molecule has 0 saturated carbocycles. The highest BCUT2D eigenvalue weighted by Gasteiger charge is 1.87. The lowest BCUT2D eigenvalue weighted by Crippen LogP contribution is -1.80. The molecule has 0 fully saturated rings. The van der Waals surface area contributed by atoms with E-state index >= 15 is 0 Å². The minimum Gasteiger partial charge on any atom is -0.302 e. The van der Waals surface area contributed by atoms with Gasteiger partial charge in [0.25, 0.3) is 0 Å². The SMILES string of the molecule is O=CCC#Cc1ccc(Br)cn1. The first-order valence-corrected chi connectivity index (χ1v) is 4.16. The lowest BCUT2D eigenvalue weighted by atomic mass is 10.3. The summed E-state index contributed by atoms with van der Waals surface area (Å²) in [6, 6.07) is 3.65. The van der Waals surface area contributed by atoms with Crippen molar-refractivity contribution in [2.75, 3.05) is 0 Å². The number of hydrogen-bond donors (Lipinski definition) is 0. The first-order chi connectivity index (χ1) is 5.83. The van der Waals surface area contributed by atoms with Crippen molar-refractivity contribution in [1.82, 2.24) is 4.98 Å². The van der Waals surface area contributed by atoms with Gasteiger partial charge in [-0.3, -0.25) is 0 Å². The quantitative estimate of drug-likeness (QED) is 0.537. The van der Waals surface area contributed by atoms with Gasteiger partial charge in [-0.2, -0.15) is 0 Å². The molecule has 0 amide bonds. The summed E-state index contributed by atoms with van der Waals surface area (Å²) in [7, 11) is 0. The van der Waals surface area contributed by atoms with Gasteiger partial charge in [-0.1, -0.05) is 5.92 Å². The maximum Gasteiger partial charge on any atom is 0.131 e. The van der Waals surface area contributed by atoms with E-state index in [0.717, 1.165) is 10.8 Å². The molecule has 0 spiro atoms. The number of hydrogen-bond acceptors (Lipinski definition) is 2. The smallest absolute Gasteiger partial charge is 0.131 e. The van der Waals surface area contributed by atoms with E-state index in [0.29, 0.717) is 5.69 Å². The number of aldehydes is 1. The molecule has 0 radical (unpaired) electrons. The first-order valence-electron chi connectivity index (χ1n) is 3.37. The molecule has 2 nitrogen and oxygen atoms in total. The van der Waals surface area contributed by atoms with Crippen LogP contribution in [0.4, 0.5) is 0 Å². The second-order valence-corrected chi connectivity index (χ2v) is 2.95. The molecule has 0 atom stereocenters. The molecule has 0 saturated heterocycles. The van der Waals surface area contributed by atoms with Gasteiger partial charge in [0.15, 0.2) is 0 Å². The normalized spacial score (nSPS) is 8.42. The molecular weight excluding hydrogens is 218 g/mol.